The highest BCUT2D eigenvalue weighted by Gasteiger charge is 2.07. The first kappa shape index (κ1) is 16.0. The van der Waals surface area contributed by atoms with Crippen LogP contribution in [-0.4, -0.2) is 28.6 Å². The summed E-state index contributed by atoms with van der Waals surface area (Å²) in [6.07, 6.45) is 6.43. The normalized spacial score (nSPS) is 16.0. The lowest BCUT2D eigenvalue weighted by molar-refractivity contribution is 0.298. The number of alkyl halides is 1. The molecule has 0 rings (SSSR count). The van der Waals surface area contributed by atoms with Gasteiger partial charge in [-0.3, -0.25) is 4.90 Å². The lowest BCUT2D eigenvalue weighted by Gasteiger charge is -2.23. The summed E-state index contributed by atoms with van der Waals surface area (Å²) < 4.78 is 0.481. The Labute approximate surface area is 114 Å². The van der Waals surface area contributed by atoms with E-state index in [9.17, 15) is 0 Å². The van der Waals surface area contributed by atoms with E-state index in [0.29, 0.717) is 10.1 Å². The first-order valence-corrected chi connectivity index (χ1v) is 7.22. The van der Waals surface area contributed by atoms with Crippen LogP contribution < -0.4 is 5.32 Å². The molecule has 0 radical (unpaired) electrons. The lowest BCUT2D eigenvalue weighted by Crippen LogP contribution is -2.29. The number of rotatable bonds is 8. The van der Waals surface area contributed by atoms with Crippen LogP contribution in [0.15, 0.2) is 24.4 Å². The summed E-state index contributed by atoms with van der Waals surface area (Å²) in [5, 5.41) is 3.46. The Morgan fingerprint density at radius 1 is 1.50 bits per heavy atom. The fourth-order valence-electron chi connectivity index (χ4n) is 1.51. The summed E-state index contributed by atoms with van der Waals surface area (Å²) in [6, 6.07) is 0.442. The summed E-state index contributed by atoms with van der Waals surface area (Å²) in [7, 11) is 2.14. The molecule has 16 heavy (non-hydrogen) atoms. The summed E-state index contributed by atoms with van der Waals surface area (Å²) >= 11 is 2.39. The second-order valence-corrected chi connectivity index (χ2v) is 5.82. The Morgan fingerprint density at radius 2 is 2.12 bits per heavy atom. The number of likely N-dealkylation sites (N-methyl/N-ethyl adjacent to an activating group) is 1. The smallest absolute Gasteiger partial charge is 0.0750 e. The molecule has 0 aromatic heterocycles. The minimum atomic E-state index is 0.442. The molecule has 2 nitrogen and oxygen atoms in total. The van der Waals surface area contributed by atoms with Gasteiger partial charge in [-0.15, -0.1) is 6.58 Å². The summed E-state index contributed by atoms with van der Waals surface area (Å²) in [5.74, 6) is 0. The molecular formula is C13H25IN2. The van der Waals surface area contributed by atoms with Crippen molar-refractivity contribution in [1.82, 2.24) is 10.2 Å². The zero-order chi connectivity index (χ0) is 12.6. The molecule has 3 heteroatoms. The molecule has 94 valence electrons. The van der Waals surface area contributed by atoms with Gasteiger partial charge in [0, 0.05) is 11.7 Å². The third-order valence-corrected chi connectivity index (χ3v) is 3.02. The fourth-order valence-corrected chi connectivity index (χ4v) is 1.91. The molecule has 2 atom stereocenters. The molecular weight excluding hydrogens is 311 g/mol. The topological polar surface area (TPSA) is 15.3 Å². The van der Waals surface area contributed by atoms with E-state index < -0.39 is 0 Å². The predicted molar refractivity (Wildman–Crippen MR) is 81.9 cm³/mol. The van der Waals surface area contributed by atoms with Gasteiger partial charge in [-0.2, -0.15) is 0 Å². The van der Waals surface area contributed by atoms with Crippen molar-refractivity contribution >= 4 is 22.6 Å². The molecule has 0 saturated carbocycles. The molecule has 0 fully saturated rings. The maximum atomic E-state index is 3.90. The average Bonchev–Trinajstić information content (AvgIpc) is 2.27. The molecule has 0 amide bonds. The van der Waals surface area contributed by atoms with Gasteiger partial charge in [-0.1, -0.05) is 48.6 Å². The third-order valence-electron chi connectivity index (χ3n) is 2.71. The van der Waals surface area contributed by atoms with E-state index in [2.05, 4.69) is 73.3 Å². The molecule has 0 aromatic rings. The minimum Gasteiger partial charge on any atom is -0.377 e. The van der Waals surface area contributed by atoms with E-state index in [1.54, 1.807) is 0 Å². The quantitative estimate of drug-likeness (QED) is 0.316. The van der Waals surface area contributed by atoms with E-state index in [4.69, 9.17) is 0 Å². The van der Waals surface area contributed by atoms with Crippen molar-refractivity contribution in [2.75, 3.05) is 13.6 Å². The van der Waals surface area contributed by atoms with E-state index in [1.165, 1.54) is 5.70 Å². The maximum absolute atomic E-state index is 3.90. The molecule has 0 aliphatic heterocycles. The van der Waals surface area contributed by atoms with Crippen molar-refractivity contribution in [3.63, 3.8) is 0 Å². The lowest BCUT2D eigenvalue weighted by atomic mass is 10.1. The maximum Gasteiger partial charge on any atom is 0.0750 e. The van der Waals surface area contributed by atoms with Crippen LogP contribution in [-0.2, 0) is 0 Å². The van der Waals surface area contributed by atoms with Crippen LogP contribution in [0, 0.1) is 0 Å². The zero-order valence-corrected chi connectivity index (χ0v) is 13.1. The van der Waals surface area contributed by atoms with E-state index in [0.717, 1.165) is 19.4 Å². The van der Waals surface area contributed by atoms with E-state index in [1.807, 2.05) is 6.08 Å². The van der Waals surface area contributed by atoms with Crippen LogP contribution in [0.25, 0.3) is 0 Å². The van der Waals surface area contributed by atoms with Crippen LogP contribution >= 0.6 is 22.6 Å². The molecule has 0 aliphatic carbocycles. The second kappa shape index (κ2) is 9.05. The van der Waals surface area contributed by atoms with Gasteiger partial charge in [0.15, 0.2) is 0 Å². The highest BCUT2D eigenvalue weighted by Crippen LogP contribution is 2.09. The molecule has 0 spiro atoms. The predicted octanol–water partition coefficient (Wildman–Crippen LogP) is 3.55. The van der Waals surface area contributed by atoms with Gasteiger partial charge < -0.3 is 5.32 Å². The fraction of sp³-hybridized carbons (Fsp3) is 0.692. The monoisotopic (exact) mass is 336 g/mol. The van der Waals surface area contributed by atoms with Crippen LogP contribution in [0.1, 0.15) is 33.6 Å². The van der Waals surface area contributed by atoms with Gasteiger partial charge >= 0.3 is 0 Å². The number of halogens is 1. The average molecular weight is 336 g/mol. The van der Waals surface area contributed by atoms with Gasteiger partial charge in [0.25, 0.3) is 0 Å². The SMILES string of the molecule is C=C[C@H](C/C=C(\CC)N[C@@H](C)I)N(C)CC. The van der Waals surface area contributed by atoms with Crippen LogP contribution in [0.4, 0.5) is 0 Å². The number of hydrogen-bond acceptors (Lipinski definition) is 2. The van der Waals surface area contributed by atoms with Gasteiger partial charge in [0.1, 0.15) is 0 Å². The Morgan fingerprint density at radius 3 is 2.50 bits per heavy atom. The number of nitrogens with one attached hydrogen (secondary N) is 1. The minimum absolute atomic E-state index is 0.442. The van der Waals surface area contributed by atoms with E-state index >= 15 is 0 Å². The Bertz CT molecular complexity index is 224. The Kier molecular flexibility index (Phi) is 9.03. The van der Waals surface area contributed by atoms with Crippen molar-refractivity contribution in [3.05, 3.63) is 24.4 Å². The van der Waals surface area contributed by atoms with Crippen LogP contribution in [0.3, 0.4) is 0 Å². The standard InChI is InChI=1S/C13H25IN2/c1-6-12(15-11(4)14)9-10-13(7-2)16(5)8-3/h7,9,11,13,15H,2,6,8,10H2,1,3-5H3/b12-9+/t11-,13+/m0/s1. The first-order valence-electron chi connectivity index (χ1n) is 5.97. The van der Waals surface area contributed by atoms with E-state index in [-0.39, 0.29) is 0 Å². The zero-order valence-electron chi connectivity index (χ0n) is 11.0. The largest absolute Gasteiger partial charge is 0.377 e. The number of nitrogens with zero attached hydrogens (tertiary/aromatic N) is 1. The molecule has 0 saturated heterocycles. The molecule has 1 N–H and O–H groups in total. The van der Waals surface area contributed by atoms with Gasteiger partial charge in [0.2, 0.25) is 0 Å². The van der Waals surface area contributed by atoms with Crippen molar-refractivity contribution in [1.29, 1.82) is 0 Å². The van der Waals surface area contributed by atoms with Crippen molar-refractivity contribution in [2.45, 2.75) is 43.7 Å². The first-order chi connectivity index (χ1) is 7.54. The van der Waals surface area contributed by atoms with Crippen molar-refractivity contribution in [2.24, 2.45) is 0 Å². The second-order valence-electron chi connectivity index (χ2n) is 3.96. The summed E-state index contributed by atoms with van der Waals surface area (Å²) in [6.45, 7) is 11.5. The Balaban J connectivity index is 4.32. The Hall–Kier alpha value is -0.0300. The molecule has 0 bridgehead atoms. The number of hydrogen-bond donors (Lipinski definition) is 1. The molecule has 0 heterocycles. The van der Waals surface area contributed by atoms with Gasteiger partial charge in [-0.25, -0.2) is 0 Å². The van der Waals surface area contributed by atoms with Crippen LogP contribution in [0.2, 0.25) is 0 Å². The molecule has 0 aromatic carbocycles. The van der Waals surface area contributed by atoms with Gasteiger partial charge in [-0.05, 0) is 33.4 Å². The van der Waals surface area contributed by atoms with Crippen molar-refractivity contribution < 1.29 is 0 Å². The molecule has 0 aliphatic rings. The summed E-state index contributed by atoms with van der Waals surface area (Å²) in [4.78, 5) is 2.31. The molecule has 0 unspecified atom stereocenters. The van der Waals surface area contributed by atoms with Crippen molar-refractivity contribution in [3.8, 4) is 0 Å². The van der Waals surface area contributed by atoms with Gasteiger partial charge in [0.05, 0.1) is 4.05 Å². The third kappa shape index (κ3) is 6.53. The highest BCUT2D eigenvalue weighted by molar-refractivity contribution is 14.1. The summed E-state index contributed by atoms with van der Waals surface area (Å²) in [5.41, 5.74) is 1.33. The van der Waals surface area contributed by atoms with Crippen LogP contribution in [0.5, 0.6) is 0 Å². The number of allylic oxidation sites excluding steroid dienone is 1. The highest BCUT2D eigenvalue weighted by atomic mass is 127.